The SMILES string of the molecule is O=C(NCCOc1ccccc1)c1ccc(OC(F)(F)C(F)C(F)(F)F)cc1. The second-order valence-electron chi connectivity index (χ2n) is 5.51. The van der Waals surface area contributed by atoms with Crippen LogP contribution >= 0.6 is 0 Å². The summed E-state index contributed by atoms with van der Waals surface area (Å²) in [5.41, 5.74) is 0.0444. The molecule has 0 spiro atoms. The Bertz CT molecular complexity index is 765. The van der Waals surface area contributed by atoms with Gasteiger partial charge in [-0.25, -0.2) is 4.39 Å². The second kappa shape index (κ2) is 8.85. The molecule has 152 valence electrons. The molecule has 0 radical (unpaired) electrons. The maximum atomic E-state index is 13.2. The summed E-state index contributed by atoms with van der Waals surface area (Å²) >= 11 is 0. The van der Waals surface area contributed by atoms with E-state index >= 15 is 0 Å². The predicted molar refractivity (Wildman–Crippen MR) is 87.2 cm³/mol. The number of alkyl halides is 6. The third-order valence-corrected chi connectivity index (χ3v) is 3.35. The van der Waals surface area contributed by atoms with E-state index in [0.717, 1.165) is 24.3 Å². The number of rotatable bonds is 8. The molecule has 1 N–H and O–H groups in total. The van der Waals surface area contributed by atoms with Crippen molar-refractivity contribution < 1.29 is 40.6 Å². The Labute approximate surface area is 156 Å². The minimum Gasteiger partial charge on any atom is -0.492 e. The Kier molecular flexibility index (Phi) is 6.76. The highest BCUT2D eigenvalue weighted by Crippen LogP contribution is 2.36. The van der Waals surface area contributed by atoms with Gasteiger partial charge in [0.05, 0.1) is 6.54 Å². The molecule has 28 heavy (non-hydrogen) atoms. The standard InChI is InChI=1S/C18H15F6NO3/c19-16(17(20,21)22)18(23,24)28-14-8-6-12(7-9-14)15(26)25-10-11-27-13-4-2-1-3-5-13/h1-9,16H,10-11H2,(H,25,26). The highest BCUT2D eigenvalue weighted by atomic mass is 19.4. The van der Waals surface area contributed by atoms with Gasteiger partial charge in [-0.3, -0.25) is 4.79 Å². The number of amides is 1. The lowest BCUT2D eigenvalue weighted by molar-refractivity contribution is -0.304. The third kappa shape index (κ3) is 6.07. The largest absolute Gasteiger partial charge is 0.492 e. The number of ether oxygens (including phenoxy) is 2. The summed E-state index contributed by atoms with van der Waals surface area (Å²) in [5.74, 6) is -0.668. The van der Waals surface area contributed by atoms with Crippen LogP contribution in [-0.2, 0) is 0 Å². The van der Waals surface area contributed by atoms with Crippen LogP contribution in [-0.4, -0.2) is 37.5 Å². The number of halogens is 6. The van der Waals surface area contributed by atoms with E-state index in [1.165, 1.54) is 0 Å². The van der Waals surface area contributed by atoms with Crippen molar-refractivity contribution in [2.45, 2.75) is 18.5 Å². The summed E-state index contributed by atoms with van der Waals surface area (Å²) in [5, 5.41) is 2.51. The van der Waals surface area contributed by atoms with Crippen molar-refractivity contribution in [2.24, 2.45) is 0 Å². The molecule has 2 aromatic carbocycles. The number of nitrogens with one attached hydrogen (secondary N) is 1. The fraction of sp³-hybridized carbons (Fsp3) is 0.278. The van der Waals surface area contributed by atoms with Crippen LogP contribution in [0, 0.1) is 0 Å². The molecule has 0 aliphatic carbocycles. The van der Waals surface area contributed by atoms with Gasteiger partial charge in [0.1, 0.15) is 18.1 Å². The van der Waals surface area contributed by atoms with Crippen molar-refractivity contribution in [3.63, 3.8) is 0 Å². The average Bonchev–Trinajstić information content (AvgIpc) is 2.65. The lowest BCUT2D eigenvalue weighted by atomic mass is 10.2. The molecule has 1 amide bonds. The van der Waals surface area contributed by atoms with Gasteiger partial charge in [-0.15, -0.1) is 0 Å². The van der Waals surface area contributed by atoms with Crippen LogP contribution in [0.5, 0.6) is 11.5 Å². The first-order chi connectivity index (χ1) is 13.1. The van der Waals surface area contributed by atoms with Crippen LogP contribution < -0.4 is 14.8 Å². The van der Waals surface area contributed by atoms with E-state index in [-0.39, 0.29) is 18.7 Å². The van der Waals surface area contributed by atoms with Gasteiger partial charge >= 0.3 is 12.3 Å². The number of benzene rings is 2. The number of carbonyl (C=O) groups is 1. The molecule has 0 heterocycles. The molecule has 0 bridgehead atoms. The summed E-state index contributed by atoms with van der Waals surface area (Å²) in [6.45, 7) is 0.331. The van der Waals surface area contributed by atoms with Gasteiger partial charge in [-0.2, -0.15) is 22.0 Å². The van der Waals surface area contributed by atoms with Gasteiger partial charge < -0.3 is 14.8 Å². The molecule has 0 saturated heterocycles. The lowest BCUT2D eigenvalue weighted by Gasteiger charge is -2.23. The zero-order chi connectivity index (χ0) is 20.8. The van der Waals surface area contributed by atoms with Crippen molar-refractivity contribution in [3.05, 3.63) is 60.2 Å². The number of para-hydroxylation sites is 1. The van der Waals surface area contributed by atoms with Crippen LogP contribution in [0.4, 0.5) is 26.3 Å². The van der Waals surface area contributed by atoms with E-state index < -0.39 is 30.1 Å². The molecule has 1 unspecified atom stereocenters. The van der Waals surface area contributed by atoms with E-state index in [1.807, 2.05) is 6.07 Å². The normalized spacial score (nSPS) is 12.9. The Morgan fingerprint density at radius 3 is 2.11 bits per heavy atom. The molecule has 1 atom stereocenters. The fourth-order valence-corrected chi connectivity index (χ4v) is 2.03. The summed E-state index contributed by atoms with van der Waals surface area (Å²) in [6.07, 6.45) is -15.4. The predicted octanol–water partition coefficient (Wildman–Crippen LogP) is 4.37. The topological polar surface area (TPSA) is 47.6 Å². The number of carbonyl (C=O) groups excluding carboxylic acids is 1. The Morgan fingerprint density at radius 1 is 0.929 bits per heavy atom. The highest BCUT2D eigenvalue weighted by Gasteiger charge is 2.59. The zero-order valence-corrected chi connectivity index (χ0v) is 14.2. The van der Waals surface area contributed by atoms with Gasteiger partial charge in [0.2, 0.25) is 0 Å². The second-order valence-corrected chi connectivity index (χ2v) is 5.51. The summed E-state index contributed by atoms with van der Waals surface area (Å²) in [6, 6.07) is 12.6. The summed E-state index contributed by atoms with van der Waals surface area (Å²) in [4.78, 5) is 11.9. The molecule has 0 fully saturated rings. The van der Waals surface area contributed by atoms with Gasteiger partial charge in [0.15, 0.2) is 0 Å². The first-order valence-corrected chi connectivity index (χ1v) is 7.93. The van der Waals surface area contributed by atoms with Crippen molar-refractivity contribution in [1.29, 1.82) is 0 Å². The lowest BCUT2D eigenvalue weighted by Crippen LogP contribution is -2.45. The molecule has 0 saturated carbocycles. The molecular formula is C18H15F6NO3. The van der Waals surface area contributed by atoms with Crippen molar-refractivity contribution >= 4 is 5.91 Å². The monoisotopic (exact) mass is 407 g/mol. The van der Waals surface area contributed by atoms with E-state index in [4.69, 9.17) is 4.74 Å². The van der Waals surface area contributed by atoms with Gasteiger partial charge in [0, 0.05) is 5.56 Å². The van der Waals surface area contributed by atoms with Crippen molar-refractivity contribution in [2.75, 3.05) is 13.2 Å². The van der Waals surface area contributed by atoms with E-state index in [0.29, 0.717) is 5.75 Å². The molecule has 4 nitrogen and oxygen atoms in total. The third-order valence-electron chi connectivity index (χ3n) is 3.35. The van der Waals surface area contributed by atoms with E-state index in [1.54, 1.807) is 24.3 Å². The van der Waals surface area contributed by atoms with Crippen LogP contribution in [0.15, 0.2) is 54.6 Å². The molecule has 2 aromatic rings. The maximum Gasteiger partial charge on any atom is 0.439 e. The highest BCUT2D eigenvalue weighted by molar-refractivity contribution is 5.94. The smallest absolute Gasteiger partial charge is 0.439 e. The molecule has 10 heteroatoms. The number of hydrogen-bond donors (Lipinski definition) is 1. The maximum absolute atomic E-state index is 13.2. The van der Waals surface area contributed by atoms with E-state index in [2.05, 4.69) is 10.1 Å². The Hall–Kier alpha value is -2.91. The Balaban J connectivity index is 1.85. The van der Waals surface area contributed by atoms with E-state index in [9.17, 15) is 31.1 Å². The van der Waals surface area contributed by atoms with Gasteiger partial charge in [0.25, 0.3) is 12.1 Å². The summed E-state index contributed by atoms with van der Waals surface area (Å²) < 4.78 is 84.6. The van der Waals surface area contributed by atoms with Crippen LogP contribution in [0.3, 0.4) is 0 Å². The average molecular weight is 407 g/mol. The molecule has 0 aliphatic heterocycles. The minimum absolute atomic E-state index is 0.0444. The van der Waals surface area contributed by atoms with Crippen molar-refractivity contribution in [3.8, 4) is 11.5 Å². The molecule has 0 aliphatic rings. The van der Waals surface area contributed by atoms with Crippen molar-refractivity contribution in [1.82, 2.24) is 5.32 Å². The van der Waals surface area contributed by atoms with Crippen LogP contribution in [0.2, 0.25) is 0 Å². The van der Waals surface area contributed by atoms with Gasteiger partial charge in [-0.1, -0.05) is 18.2 Å². The fourth-order valence-electron chi connectivity index (χ4n) is 2.03. The molecular weight excluding hydrogens is 392 g/mol. The minimum atomic E-state index is -5.77. The Morgan fingerprint density at radius 2 is 1.54 bits per heavy atom. The first-order valence-electron chi connectivity index (χ1n) is 7.93. The van der Waals surface area contributed by atoms with Gasteiger partial charge in [-0.05, 0) is 36.4 Å². The first kappa shape index (κ1) is 21.4. The molecule has 2 rings (SSSR count). The quantitative estimate of drug-likeness (QED) is 0.522. The summed E-state index contributed by atoms with van der Waals surface area (Å²) in [7, 11) is 0. The van der Waals surface area contributed by atoms with Crippen LogP contribution in [0.25, 0.3) is 0 Å². The molecule has 0 aromatic heterocycles. The van der Waals surface area contributed by atoms with Crippen LogP contribution in [0.1, 0.15) is 10.4 Å². The number of hydrogen-bond acceptors (Lipinski definition) is 3. The zero-order valence-electron chi connectivity index (χ0n) is 14.2.